The van der Waals surface area contributed by atoms with Gasteiger partial charge in [-0.05, 0) is 51.1 Å². The second-order valence-corrected chi connectivity index (χ2v) is 6.61. The molecule has 0 aromatic heterocycles. The van der Waals surface area contributed by atoms with Crippen molar-refractivity contribution in [2.75, 3.05) is 32.8 Å². The summed E-state index contributed by atoms with van der Waals surface area (Å²) in [5, 5.41) is 0. The molecular weight excluding hydrogens is 238 g/mol. The van der Waals surface area contributed by atoms with Crippen LogP contribution in [0.1, 0.15) is 53.9 Å². The second-order valence-electron chi connectivity index (χ2n) is 6.61. The van der Waals surface area contributed by atoms with Crippen LogP contribution in [-0.2, 0) is 9.47 Å². The van der Waals surface area contributed by atoms with Crippen LogP contribution in [0.4, 0.5) is 0 Å². The first-order valence-electron chi connectivity index (χ1n) is 7.93. The van der Waals surface area contributed by atoms with Gasteiger partial charge in [0.05, 0.1) is 0 Å². The average molecular weight is 271 g/mol. The number of nitrogens with zero attached hydrogens (tertiary/aromatic N) is 1. The lowest BCUT2D eigenvalue weighted by atomic mass is 9.75. The maximum atomic E-state index is 5.60. The van der Waals surface area contributed by atoms with Crippen molar-refractivity contribution in [2.45, 2.75) is 60.2 Å². The Hall–Kier alpha value is -0.120. The normalized spacial score (nSPS) is 19.3. The Morgan fingerprint density at radius 3 is 2.00 bits per heavy atom. The van der Waals surface area contributed by atoms with Gasteiger partial charge in [0.25, 0.3) is 0 Å². The van der Waals surface area contributed by atoms with Gasteiger partial charge in [-0.1, -0.05) is 20.8 Å². The van der Waals surface area contributed by atoms with Gasteiger partial charge in [0.15, 0.2) is 6.29 Å². The lowest BCUT2D eigenvalue weighted by Crippen LogP contribution is -2.39. The van der Waals surface area contributed by atoms with E-state index in [0.717, 1.165) is 32.1 Å². The molecule has 0 aromatic rings. The van der Waals surface area contributed by atoms with E-state index < -0.39 is 0 Å². The first-order valence-corrected chi connectivity index (χ1v) is 7.93. The Morgan fingerprint density at radius 2 is 1.58 bits per heavy atom. The third-order valence-electron chi connectivity index (χ3n) is 4.20. The lowest BCUT2D eigenvalue weighted by Gasteiger charge is -2.39. The van der Waals surface area contributed by atoms with Gasteiger partial charge in [-0.25, -0.2) is 0 Å². The molecule has 1 rings (SSSR count). The van der Waals surface area contributed by atoms with Crippen LogP contribution in [-0.4, -0.2) is 44.0 Å². The molecule has 0 bridgehead atoms. The molecule has 0 spiro atoms. The highest BCUT2D eigenvalue weighted by molar-refractivity contribution is 4.80. The predicted octanol–water partition coefficient (Wildman–Crippen LogP) is 3.53. The minimum Gasteiger partial charge on any atom is -0.353 e. The molecule has 0 unspecified atom stereocenters. The molecule has 3 nitrogen and oxygen atoms in total. The zero-order valence-corrected chi connectivity index (χ0v) is 13.6. The van der Waals surface area contributed by atoms with Crippen molar-refractivity contribution in [3.63, 3.8) is 0 Å². The van der Waals surface area contributed by atoms with E-state index in [9.17, 15) is 0 Å². The van der Waals surface area contributed by atoms with Crippen LogP contribution >= 0.6 is 0 Å². The molecule has 0 atom stereocenters. The second kappa shape index (κ2) is 8.23. The van der Waals surface area contributed by atoms with Crippen LogP contribution in [0.2, 0.25) is 0 Å². The van der Waals surface area contributed by atoms with Crippen molar-refractivity contribution in [3.05, 3.63) is 0 Å². The van der Waals surface area contributed by atoms with Gasteiger partial charge in [0.2, 0.25) is 0 Å². The summed E-state index contributed by atoms with van der Waals surface area (Å²) in [6.07, 6.45) is 3.63. The summed E-state index contributed by atoms with van der Waals surface area (Å²) in [5.41, 5.74) is 0.464. The number of ether oxygens (including phenoxy) is 2. The van der Waals surface area contributed by atoms with Crippen molar-refractivity contribution in [3.8, 4) is 0 Å². The Labute approximate surface area is 119 Å². The lowest BCUT2D eigenvalue weighted by molar-refractivity contribution is -0.142. The van der Waals surface area contributed by atoms with Crippen molar-refractivity contribution in [1.29, 1.82) is 0 Å². The molecule has 19 heavy (non-hydrogen) atoms. The minimum atomic E-state index is -0.0182. The Balaban J connectivity index is 2.25. The highest BCUT2D eigenvalue weighted by Gasteiger charge is 2.28. The first-order chi connectivity index (χ1) is 8.97. The molecule has 0 aliphatic carbocycles. The fourth-order valence-corrected chi connectivity index (χ4v) is 2.90. The smallest absolute Gasteiger partial charge is 0.158 e. The van der Waals surface area contributed by atoms with E-state index in [2.05, 4.69) is 25.7 Å². The average Bonchev–Trinajstić information content (AvgIpc) is 2.36. The summed E-state index contributed by atoms with van der Waals surface area (Å²) in [5.74, 6) is 0.873. The van der Waals surface area contributed by atoms with E-state index in [4.69, 9.17) is 9.47 Å². The summed E-state index contributed by atoms with van der Waals surface area (Å²) >= 11 is 0. The van der Waals surface area contributed by atoms with Gasteiger partial charge >= 0.3 is 0 Å². The molecule has 1 saturated heterocycles. The van der Waals surface area contributed by atoms with Crippen LogP contribution in [0, 0.1) is 11.3 Å². The number of rotatable bonds is 7. The quantitative estimate of drug-likeness (QED) is 0.661. The van der Waals surface area contributed by atoms with Crippen LogP contribution in [0.5, 0.6) is 0 Å². The molecule has 1 fully saturated rings. The van der Waals surface area contributed by atoms with Crippen molar-refractivity contribution < 1.29 is 9.47 Å². The maximum Gasteiger partial charge on any atom is 0.158 e. The molecule has 0 saturated carbocycles. The molecule has 1 heterocycles. The zero-order valence-electron chi connectivity index (χ0n) is 13.6. The number of hydrogen-bond acceptors (Lipinski definition) is 3. The number of likely N-dealkylation sites (tertiary alicyclic amines) is 1. The summed E-state index contributed by atoms with van der Waals surface area (Å²) in [6, 6.07) is 0. The fourth-order valence-electron chi connectivity index (χ4n) is 2.90. The highest BCUT2D eigenvalue weighted by atomic mass is 16.7. The predicted molar refractivity (Wildman–Crippen MR) is 80.3 cm³/mol. The van der Waals surface area contributed by atoms with Gasteiger partial charge in [-0.3, -0.25) is 0 Å². The van der Waals surface area contributed by atoms with Gasteiger partial charge in [0, 0.05) is 26.2 Å². The summed E-state index contributed by atoms with van der Waals surface area (Å²) < 4.78 is 11.2. The monoisotopic (exact) mass is 271 g/mol. The van der Waals surface area contributed by atoms with E-state index in [0.29, 0.717) is 5.41 Å². The van der Waals surface area contributed by atoms with Crippen LogP contribution in [0.25, 0.3) is 0 Å². The Morgan fingerprint density at radius 1 is 1.05 bits per heavy atom. The zero-order chi connectivity index (χ0) is 14.3. The Bertz CT molecular complexity index is 223. The molecule has 114 valence electrons. The third-order valence-corrected chi connectivity index (χ3v) is 4.20. The molecule has 0 amide bonds. The molecular formula is C16H33NO2. The molecule has 1 aliphatic rings. The van der Waals surface area contributed by atoms with Crippen LogP contribution < -0.4 is 0 Å². The highest BCUT2D eigenvalue weighted by Crippen LogP contribution is 2.34. The van der Waals surface area contributed by atoms with Gasteiger partial charge in [-0.2, -0.15) is 0 Å². The molecule has 0 N–H and O–H groups in total. The number of hydrogen-bond donors (Lipinski definition) is 0. The van der Waals surface area contributed by atoms with E-state index in [1.54, 1.807) is 0 Å². The standard InChI is InChI=1S/C16H33NO2/c1-6-18-15(19-7-2)10-13-17-11-8-14(9-12-17)16(3,4)5/h14-15H,6-13H2,1-5H3. The van der Waals surface area contributed by atoms with Crippen molar-refractivity contribution >= 4 is 0 Å². The van der Waals surface area contributed by atoms with Crippen molar-refractivity contribution in [2.24, 2.45) is 11.3 Å². The fraction of sp³-hybridized carbons (Fsp3) is 1.00. The summed E-state index contributed by atoms with van der Waals surface area (Å²) in [4.78, 5) is 2.56. The van der Waals surface area contributed by atoms with Gasteiger partial charge in [-0.15, -0.1) is 0 Å². The molecule has 1 aliphatic heterocycles. The van der Waals surface area contributed by atoms with Crippen LogP contribution in [0.15, 0.2) is 0 Å². The van der Waals surface area contributed by atoms with E-state index in [-0.39, 0.29) is 6.29 Å². The van der Waals surface area contributed by atoms with Crippen LogP contribution in [0.3, 0.4) is 0 Å². The molecule has 0 aromatic carbocycles. The minimum absolute atomic E-state index is 0.0182. The molecule has 3 heteroatoms. The SMILES string of the molecule is CCOC(CCN1CCC(C(C)(C)C)CC1)OCC. The molecule has 0 radical (unpaired) electrons. The summed E-state index contributed by atoms with van der Waals surface area (Å²) in [7, 11) is 0. The van der Waals surface area contributed by atoms with E-state index >= 15 is 0 Å². The van der Waals surface area contributed by atoms with Crippen molar-refractivity contribution in [1.82, 2.24) is 4.90 Å². The largest absolute Gasteiger partial charge is 0.353 e. The van der Waals surface area contributed by atoms with E-state index in [1.807, 2.05) is 13.8 Å². The first kappa shape index (κ1) is 16.9. The van der Waals surface area contributed by atoms with E-state index in [1.165, 1.54) is 25.9 Å². The van der Waals surface area contributed by atoms with Gasteiger partial charge < -0.3 is 14.4 Å². The summed E-state index contributed by atoms with van der Waals surface area (Å²) in [6.45, 7) is 16.2. The third kappa shape index (κ3) is 6.24. The maximum absolute atomic E-state index is 5.60. The Kier molecular flexibility index (Phi) is 7.33. The van der Waals surface area contributed by atoms with Gasteiger partial charge in [0.1, 0.15) is 0 Å². The number of piperidine rings is 1. The topological polar surface area (TPSA) is 21.7 Å².